The average molecular weight is 194 g/mol. The van der Waals surface area contributed by atoms with Crippen LogP contribution in [0.2, 0.25) is 0 Å². The van der Waals surface area contributed by atoms with E-state index < -0.39 is 5.97 Å². The fraction of sp³-hybridized carbons (Fsp3) is 0.364. The molecule has 0 spiro atoms. The summed E-state index contributed by atoms with van der Waals surface area (Å²) in [6.07, 6.45) is 0.0355. The molecule has 0 radical (unpaired) electrons. The third kappa shape index (κ3) is 2.76. The van der Waals surface area contributed by atoms with Gasteiger partial charge in [-0.3, -0.25) is 4.79 Å². The molecule has 0 fully saturated rings. The van der Waals surface area contributed by atoms with Crippen molar-refractivity contribution in [1.29, 1.82) is 0 Å². The van der Waals surface area contributed by atoms with Gasteiger partial charge in [-0.15, -0.1) is 0 Å². The van der Waals surface area contributed by atoms with Crippen LogP contribution in [0.5, 0.6) is 5.75 Å². The predicted molar refractivity (Wildman–Crippen MR) is 53.7 cm³/mol. The first-order chi connectivity index (χ1) is 6.61. The lowest BCUT2D eigenvalue weighted by molar-refractivity contribution is -0.137. The van der Waals surface area contributed by atoms with Crippen LogP contribution in [0.15, 0.2) is 18.2 Å². The van der Waals surface area contributed by atoms with Gasteiger partial charge in [-0.05, 0) is 25.0 Å². The van der Waals surface area contributed by atoms with Crippen LogP contribution in [0, 0.1) is 13.8 Å². The average Bonchev–Trinajstić information content (AvgIpc) is 2.09. The first-order valence-corrected chi connectivity index (χ1v) is 4.52. The number of ether oxygens (including phenoxy) is 1. The maximum atomic E-state index is 10.3. The summed E-state index contributed by atoms with van der Waals surface area (Å²) in [5.74, 6) is -0.0370. The highest BCUT2D eigenvalue weighted by Crippen LogP contribution is 2.22. The second-order valence-corrected chi connectivity index (χ2v) is 3.21. The minimum Gasteiger partial charge on any atom is -0.492 e. The van der Waals surface area contributed by atoms with Crippen molar-refractivity contribution in [3.8, 4) is 5.75 Å². The second kappa shape index (κ2) is 4.65. The summed E-state index contributed by atoms with van der Waals surface area (Å²) in [5, 5.41) is 8.45. The van der Waals surface area contributed by atoms with Crippen molar-refractivity contribution in [2.45, 2.75) is 20.3 Å². The Morgan fingerprint density at radius 1 is 1.36 bits per heavy atom. The maximum absolute atomic E-state index is 10.3. The zero-order valence-corrected chi connectivity index (χ0v) is 8.41. The quantitative estimate of drug-likeness (QED) is 0.798. The van der Waals surface area contributed by atoms with Crippen LogP contribution >= 0.6 is 0 Å². The zero-order valence-electron chi connectivity index (χ0n) is 8.41. The molecule has 0 saturated carbocycles. The van der Waals surface area contributed by atoms with Crippen molar-refractivity contribution in [3.05, 3.63) is 29.3 Å². The highest BCUT2D eigenvalue weighted by Gasteiger charge is 2.03. The number of aliphatic carboxylic acids is 1. The molecule has 3 heteroatoms. The Bertz CT molecular complexity index is 311. The van der Waals surface area contributed by atoms with Crippen LogP contribution in [0.1, 0.15) is 17.5 Å². The largest absolute Gasteiger partial charge is 0.492 e. The number of hydrogen-bond acceptors (Lipinski definition) is 2. The van der Waals surface area contributed by atoms with Gasteiger partial charge in [0, 0.05) is 0 Å². The number of benzene rings is 1. The van der Waals surface area contributed by atoms with Gasteiger partial charge in [0.25, 0.3) is 0 Å². The number of rotatable bonds is 4. The fourth-order valence-corrected chi connectivity index (χ4v) is 1.27. The van der Waals surface area contributed by atoms with Crippen molar-refractivity contribution < 1.29 is 14.6 Å². The molecule has 0 aliphatic rings. The summed E-state index contributed by atoms with van der Waals surface area (Å²) < 4.78 is 5.40. The van der Waals surface area contributed by atoms with E-state index in [9.17, 15) is 4.79 Å². The van der Waals surface area contributed by atoms with Crippen LogP contribution < -0.4 is 4.74 Å². The molecular weight excluding hydrogens is 180 g/mol. The highest BCUT2D eigenvalue weighted by atomic mass is 16.5. The van der Waals surface area contributed by atoms with Crippen LogP contribution in [-0.2, 0) is 4.79 Å². The van der Waals surface area contributed by atoms with Gasteiger partial charge < -0.3 is 9.84 Å². The SMILES string of the molecule is Cc1cccc(C)c1OCCC(=O)O. The summed E-state index contributed by atoms with van der Waals surface area (Å²) in [6.45, 7) is 4.12. The van der Waals surface area contributed by atoms with E-state index in [2.05, 4.69) is 0 Å². The number of carboxylic acid groups (broad SMARTS) is 1. The van der Waals surface area contributed by atoms with Gasteiger partial charge >= 0.3 is 5.97 Å². The molecule has 0 heterocycles. The van der Waals surface area contributed by atoms with E-state index in [4.69, 9.17) is 9.84 Å². The molecule has 3 nitrogen and oxygen atoms in total. The molecule has 0 aliphatic carbocycles. The first-order valence-electron chi connectivity index (χ1n) is 4.52. The second-order valence-electron chi connectivity index (χ2n) is 3.21. The lowest BCUT2D eigenvalue weighted by Gasteiger charge is -2.10. The molecule has 0 atom stereocenters. The smallest absolute Gasteiger partial charge is 0.306 e. The topological polar surface area (TPSA) is 46.5 Å². The third-order valence-electron chi connectivity index (χ3n) is 1.97. The molecule has 0 saturated heterocycles. The standard InChI is InChI=1S/C11H14O3/c1-8-4-3-5-9(2)11(8)14-7-6-10(12)13/h3-5H,6-7H2,1-2H3,(H,12,13). The highest BCUT2D eigenvalue weighted by molar-refractivity contribution is 5.66. The molecule has 76 valence electrons. The zero-order chi connectivity index (χ0) is 10.6. The minimum absolute atomic E-state index is 0.0355. The molecule has 0 aromatic heterocycles. The van der Waals surface area contributed by atoms with Gasteiger partial charge in [-0.2, -0.15) is 0 Å². The van der Waals surface area contributed by atoms with Crippen LogP contribution in [0.4, 0.5) is 0 Å². The normalized spacial score (nSPS) is 9.86. The van der Waals surface area contributed by atoms with Gasteiger partial charge in [-0.1, -0.05) is 18.2 Å². The van der Waals surface area contributed by atoms with Gasteiger partial charge in [-0.25, -0.2) is 0 Å². The summed E-state index contributed by atoms with van der Waals surface area (Å²) in [6, 6.07) is 5.85. The van der Waals surface area contributed by atoms with Crippen LogP contribution in [0.3, 0.4) is 0 Å². The third-order valence-corrected chi connectivity index (χ3v) is 1.97. The Balaban J connectivity index is 2.62. The Labute approximate surface area is 83.3 Å². The van der Waals surface area contributed by atoms with Gasteiger partial charge in [0.05, 0.1) is 13.0 Å². The van der Waals surface area contributed by atoms with E-state index in [-0.39, 0.29) is 13.0 Å². The van der Waals surface area contributed by atoms with Crippen molar-refractivity contribution in [2.24, 2.45) is 0 Å². The number of hydrogen-bond donors (Lipinski definition) is 1. The summed E-state index contributed by atoms with van der Waals surface area (Å²) in [5.41, 5.74) is 2.07. The number of carbonyl (C=O) groups is 1. The fourth-order valence-electron chi connectivity index (χ4n) is 1.27. The maximum Gasteiger partial charge on any atom is 0.306 e. The molecule has 1 N–H and O–H groups in total. The lowest BCUT2D eigenvalue weighted by atomic mass is 10.1. The summed E-state index contributed by atoms with van der Waals surface area (Å²) in [7, 11) is 0. The number of para-hydroxylation sites is 1. The van der Waals surface area contributed by atoms with Crippen LogP contribution in [-0.4, -0.2) is 17.7 Å². The molecule has 1 aromatic carbocycles. The molecular formula is C11H14O3. The van der Waals surface area contributed by atoms with Gasteiger partial charge in [0.15, 0.2) is 0 Å². The van der Waals surface area contributed by atoms with E-state index in [1.807, 2.05) is 32.0 Å². The Hall–Kier alpha value is -1.51. The van der Waals surface area contributed by atoms with Crippen molar-refractivity contribution in [3.63, 3.8) is 0 Å². The van der Waals surface area contributed by atoms with Crippen molar-refractivity contribution in [2.75, 3.05) is 6.61 Å². The van der Waals surface area contributed by atoms with Crippen LogP contribution in [0.25, 0.3) is 0 Å². The lowest BCUT2D eigenvalue weighted by Crippen LogP contribution is -2.06. The molecule has 14 heavy (non-hydrogen) atoms. The van der Waals surface area contributed by atoms with E-state index in [1.165, 1.54) is 0 Å². The van der Waals surface area contributed by atoms with E-state index >= 15 is 0 Å². The van der Waals surface area contributed by atoms with Gasteiger partial charge in [0.2, 0.25) is 0 Å². The first kappa shape index (κ1) is 10.6. The number of carboxylic acids is 1. The minimum atomic E-state index is -0.837. The molecule has 0 unspecified atom stereocenters. The Kier molecular flexibility index (Phi) is 3.51. The van der Waals surface area contributed by atoms with E-state index in [0.717, 1.165) is 16.9 Å². The monoisotopic (exact) mass is 194 g/mol. The predicted octanol–water partition coefficient (Wildman–Crippen LogP) is 2.16. The van der Waals surface area contributed by atoms with Crippen molar-refractivity contribution in [1.82, 2.24) is 0 Å². The number of aryl methyl sites for hydroxylation is 2. The summed E-state index contributed by atoms with van der Waals surface area (Å²) in [4.78, 5) is 10.3. The molecule has 1 rings (SSSR count). The van der Waals surface area contributed by atoms with E-state index in [0.29, 0.717) is 0 Å². The van der Waals surface area contributed by atoms with Crippen molar-refractivity contribution >= 4 is 5.97 Å². The Morgan fingerprint density at radius 2 is 1.93 bits per heavy atom. The molecule has 0 amide bonds. The van der Waals surface area contributed by atoms with Gasteiger partial charge in [0.1, 0.15) is 5.75 Å². The molecule has 1 aromatic rings. The molecule has 0 bridgehead atoms. The van der Waals surface area contributed by atoms with E-state index in [1.54, 1.807) is 0 Å². The Morgan fingerprint density at radius 3 is 2.43 bits per heavy atom. The molecule has 0 aliphatic heterocycles. The summed E-state index contributed by atoms with van der Waals surface area (Å²) >= 11 is 0.